The zero-order valence-electron chi connectivity index (χ0n) is 6.31. The van der Waals surface area contributed by atoms with Crippen LogP contribution in [0.15, 0.2) is 12.3 Å². The SMILES string of the molecule is C.C=C[Si](C)(C)O[SiH2]OC. The Morgan fingerprint density at radius 3 is 2.30 bits per heavy atom. The number of hydrogen-bond acceptors (Lipinski definition) is 2. The van der Waals surface area contributed by atoms with Crippen LogP contribution >= 0.6 is 0 Å². The van der Waals surface area contributed by atoms with Crippen LogP contribution in [-0.2, 0) is 8.54 Å². The molecule has 0 rings (SSSR count). The largest absolute Gasteiger partial charge is 0.437 e. The van der Waals surface area contributed by atoms with Gasteiger partial charge in [0.05, 0.1) is 0 Å². The molecule has 0 saturated heterocycles. The summed E-state index contributed by atoms with van der Waals surface area (Å²) in [5.41, 5.74) is 1.92. The van der Waals surface area contributed by atoms with E-state index in [1.807, 2.05) is 5.70 Å². The van der Waals surface area contributed by atoms with E-state index in [-0.39, 0.29) is 7.43 Å². The molecule has 10 heavy (non-hydrogen) atoms. The van der Waals surface area contributed by atoms with Gasteiger partial charge in [0.1, 0.15) is 0 Å². The Bertz CT molecular complexity index is 93.7. The third kappa shape index (κ3) is 6.22. The van der Waals surface area contributed by atoms with Crippen molar-refractivity contribution in [3.05, 3.63) is 12.3 Å². The minimum absolute atomic E-state index is 0. The fourth-order valence-corrected chi connectivity index (χ4v) is 2.43. The molecule has 0 aromatic carbocycles. The Labute approximate surface area is 67.4 Å². The average Bonchev–Trinajstić information content (AvgIpc) is 1.84. The van der Waals surface area contributed by atoms with Crippen molar-refractivity contribution in [2.75, 3.05) is 7.11 Å². The van der Waals surface area contributed by atoms with Crippen LogP contribution in [0.2, 0.25) is 13.1 Å². The Kier molecular flexibility index (Phi) is 7.45. The second kappa shape index (κ2) is 5.85. The maximum absolute atomic E-state index is 5.47. The Morgan fingerprint density at radius 1 is 1.50 bits per heavy atom. The van der Waals surface area contributed by atoms with E-state index < -0.39 is 18.3 Å². The average molecular weight is 178 g/mol. The smallest absolute Gasteiger partial charge is 0.294 e. The van der Waals surface area contributed by atoms with Gasteiger partial charge in [-0.1, -0.05) is 13.1 Å². The molecule has 0 unspecified atom stereocenters. The van der Waals surface area contributed by atoms with E-state index in [9.17, 15) is 0 Å². The lowest BCUT2D eigenvalue weighted by molar-refractivity contribution is 0.365. The molecule has 4 heteroatoms. The van der Waals surface area contributed by atoms with Crippen LogP contribution in [0.1, 0.15) is 7.43 Å². The van der Waals surface area contributed by atoms with Crippen molar-refractivity contribution in [3.8, 4) is 0 Å². The lowest BCUT2D eigenvalue weighted by atomic mass is 11.3. The highest BCUT2D eigenvalue weighted by molar-refractivity contribution is 6.79. The third-order valence-electron chi connectivity index (χ3n) is 1.04. The van der Waals surface area contributed by atoms with Gasteiger partial charge in [0.25, 0.3) is 10.0 Å². The molecule has 0 aliphatic carbocycles. The molecular formula is C6H18O2Si2. The van der Waals surface area contributed by atoms with E-state index in [4.69, 9.17) is 8.54 Å². The Hall–Kier alpha value is 0.0938. The normalized spacial score (nSPS) is 11.5. The summed E-state index contributed by atoms with van der Waals surface area (Å²) in [7, 11) is -0.520. The number of rotatable bonds is 4. The van der Waals surface area contributed by atoms with Crippen molar-refractivity contribution in [2.45, 2.75) is 20.5 Å². The van der Waals surface area contributed by atoms with Gasteiger partial charge in [-0.05, 0) is 13.1 Å². The van der Waals surface area contributed by atoms with E-state index in [0.29, 0.717) is 0 Å². The zero-order valence-corrected chi connectivity index (χ0v) is 8.72. The molecule has 62 valence electrons. The van der Waals surface area contributed by atoms with Crippen LogP contribution in [-0.4, -0.2) is 25.4 Å². The Balaban J connectivity index is 0. The monoisotopic (exact) mass is 178 g/mol. The van der Waals surface area contributed by atoms with E-state index in [0.717, 1.165) is 0 Å². The first kappa shape index (κ1) is 12.7. The fourth-order valence-electron chi connectivity index (χ4n) is 0.270. The first-order valence-corrected chi connectivity index (χ1v) is 7.03. The molecule has 0 bridgehead atoms. The van der Waals surface area contributed by atoms with Crippen molar-refractivity contribution in [3.63, 3.8) is 0 Å². The van der Waals surface area contributed by atoms with Crippen LogP contribution in [0.3, 0.4) is 0 Å². The summed E-state index contributed by atoms with van der Waals surface area (Å²) >= 11 is 0. The summed E-state index contributed by atoms with van der Waals surface area (Å²) in [6.45, 7) is 7.90. The first-order chi connectivity index (χ1) is 4.12. The molecule has 0 amide bonds. The summed E-state index contributed by atoms with van der Waals surface area (Å²) in [5, 5.41) is 0. The van der Waals surface area contributed by atoms with Gasteiger partial charge in [0, 0.05) is 7.11 Å². The molecule has 0 heterocycles. The van der Waals surface area contributed by atoms with E-state index in [2.05, 4.69) is 19.7 Å². The highest BCUT2D eigenvalue weighted by Crippen LogP contribution is 2.02. The predicted molar refractivity (Wildman–Crippen MR) is 51.0 cm³/mol. The van der Waals surface area contributed by atoms with Crippen molar-refractivity contribution >= 4 is 18.3 Å². The third-order valence-corrected chi connectivity index (χ3v) is 5.71. The molecular weight excluding hydrogens is 160 g/mol. The van der Waals surface area contributed by atoms with Crippen LogP contribution in [0.5, 0.6) is 0 Å². The van der Waals surface area contributed by atoms with Gasteiger partial charge in [-0.25, -0.2) is 0 Å². The molecule has 0 saturated carbocycles. The summed E-state index contributed by atoms with van der Waals surface area (Å²) < 4.78 is 10.3. The summed E-state index contributed by atoms with van der Waals surface area (Å²) in [5.74, 6) is 0. The number of hydrogen-bond donors (Lipinski definition) is 0. The van der Waals surface area contributed by atoms with Gasteiger partial charge in [-0.3, -0.25) is 0 Å². The van der Waals surface area contributed by atoms with Crippen LogP contribution in [0.4, 0.5) is 0 Å². The van der Waals surface area contributed by atoms with Crippen molar-refractivity contribution < 1.29 is 8.54 Å². The minimum atomic E-state index is -1.50. The standard InChI is InChI=1S/C5H14O2Si2.CH4/c1-5-9(3,4)7-8-6-2;/h5H,1,8H2,2-4H3;1H4. The quantitative estimate of drug-likeness (QED) is 0.603. The van der Waals surface area contributed by atoms with Gasteiger partial charge in [0.15, 0.2) is 8.32 Å². The predicted octanol–water partition coefficient (Wildman–Crippen LogP) is 1.21. The molecule has 0 aliphatic heterocycles. The molecule has 0 fully saturated rings. The van der Waals surface area contributed by atoms with Crippen LogP contribution in [0.25, 0.3) is 0 Å². The van der Waals surface area contributed by atoms with Gasteiger partial charge in [-0.2, -0.15) is 0 Å². The van der Waals surface area contributed by atoms with Gasteiger partial charge in [0.2, 0.25) is 0 Å². The molecule has 0 aliphatic rings. The molecule has 0 aromatic rings. The summed E-state index contributed by atoms with van der Waals surface area (Å²) in [6, 6.07) is 0. The second-order valence-corrected chi connectivity index (χ2v) is 7.94. The highest BCUT2D eigenvalue weighted by Gasteiger charge is 2.15. The summed E-state index contributed by atoms with van der Waals surface area (Å²) in [6.07, 6.45) is 0. The maximum Gasteiger partial charge on any atom is 0.294 e. The van der Waals surface area contributed by atoms with Crippen molar-refractivity contribution in [1.82, 2.24) is 0 Å². The maximum atomic E-state index is 5.47. The minimum Gasteiger partial charge on any atom is -0.437 e. The molecule has 0 spiro atoms. The van der Waals surface area contributed by atoms with E-state index >= 15 is 0 Å². The Morgan fingerprint density at radius 2 is 2.00 bits per heavy atom. The van der Waals surface area contributed by atoms with Gasteiger partial charge >= 0.3 is 0 Å². The molecule has 0 radical (unpaired) electrons. The first-order valence-electron chi connectivity index (χ1n) is 2.89. The van der Waals surface area contributed by atoms with E-state index in [1.165, 1.54) is 0 Å². The van der Waals surface area contributed by atoms with E-state index in [1.54, 1.807) is 7.11 Å². The summed E-state index contributed by atoms with van der Waals surface area (Å²) in [4.78, 5) is 0. The van der Waals surface area contributed by atoms with Crippen molar-refractivity contribution in [2.24, 2.45) is 0 Å². The van der Waals surface area contributed by atoms with Crippen molar-refractivity contribution in [1.29, 1.82) is 0 Å². The van der Waals surface area contributed by atoms with Crippen LogP contribution < -0.4 is 0 Å². The molecule has 2 nitrogen and oxygen atoms in total. The zero-order chi connectivity index (χ0) is 7.33. The van der Waals surface area contributed by atoms with Gasteiger partial charge in [-0.15, -0.1) is 6.58 Å². The highest BCUT2D eigenvalue weighted by atomic mass is 28.4. The van der Waals surface area contributed by atoms with Crippen LogP contribution in [0, 0.1) is 0 Å². The molecule has 0 N–H and O–H groups in total. The molecule has 0 aromatic heterocycles. The lowest BCUT2D eigenvalue weighted by Gasteiger charge is -2.16. The lowest BCUT2D eigenvalue weighted by Crippen LogP contribution is -2.30. The molecule has 0 atom stereocenters. The topological polar surface area (TPSA) is 18.5 Å². The van der Waals surface area contributed by atoms with Gasteiger partial charge < -0.3 is 8.54 Å². The second-order valence-electron chi connectivity index (χ2n) is 2.36. The fraction of sp³-hybridized carbons (Fsp3) is 0.667.